The molecule has 0 fully saturated rings. The summed E-state index contributed by atoms with van der Waals surface area (Å²) in [6.07, 6.45) is 4.48. The van der Waals surface area contributed by atoms with E-state index in [4.69, 9.17) is 0 Å². The van der Waals surface area contributed by atoms with Gasteiger partial charge < -0.3 is 10.6 Å². The third-order valence-corrected chi connectivity index (χ3v) is 5.81. The molecule has 3 heterocycles. The molecule has 0 aliphatic carbocycles. The molecule has 0 unspecified atom stereocenters. The van der Waals surface area contributed by atoms with Crippen LogP contribution in [-0.2, 0) is 11.3 Å². The monoisotopic (exact) mass is 417 g/mol. The van der Waals surface area contributed by atoms with E-state index >= 15 is 0 Å². The Morgan fingerprint density at radius 2 is 1.87 bits per heavy atom. The van der Waals surface area contributed by atoms with E-state index in [0.717, 1.165) is 27.3 Å². The number of fused-ring (bicyclic) bond motifs is 1. The van der Waals surface area contributed by atoms with E-state index in [-0.39, 0.29) is 5.91 Å². The summed E-state index contributed by atoms with van der Waals surface area (Å²) in [4.78, 5) is 27.4. The third-order valence-electron chi connectivity index (χ3n) is 4.79. The second-order valence-electron chi connectivity index (χ2n) is 6.93. The number of hydrogen-bond acceptors (Lipinski definition) is 6. The predicted molar refractivity (Wildman–Crippen MR) is 121 cm³/mol. The molecule has 7 heteroatoms. The summed E-state index contributed by atoms with van der Waals surface area (Å²) in [6.45, 7) is 3.23. The summed E-state index contributed by atoms with van der Waals surface area (Å²) in [7, 11) is 0. The molecule has 0 radical (unpaired) electrons. The minimum Gasteiger partial charge on any atom is -0.369 e. The van der Waals surface area contributed by atoms with Crippen LogP contribution in [0.5, 0.6) is 0 Å². The van der Waals surface area contributed by atoms with Gasteiger partial charge in [-0.1, -0.05) is 36.4 Å². The number of hydrogen-bond donors (Lipinski definition) is 2. The smallest absolute Gasteiger partial charge is 0.220 e. The number of aryl methyl sites for hydroxylation is 1. The van der Waals surface area contributed by atoms with Gasteiger partial charge in [0.05, 0.1) is 17.6 Å². The van der Waals surface area contributed by atoms with Crippen LogP contribution in [0.2, 0.25) is 0 Å². The zero-order chi connectivity index (χ0) is 20.8. The first kappa shape index (κ1) is 20.0. The maximum Gasteiger partial charge on any atom is 0.220 e. The number of pyridine rings is 1. The van der Waals surface area contributed by atoms with E-state index in [0.29, 0.717) is 25.9 Å². The third kappa shape index (κ3) is 4.63. The average Bonchev–Trinajstić information content (AvgIpc) is 3.13. The molecule has 30 heavy (non-hydrogen) atoms. The molecule has 2 N–H and O–H groups in total. The quantitative estimate of drug-likeness (QED) is 0.411. The summed E-state index contributed by atoms with van der Waals surface area (Å²) in [5, 5.41) is 7.36. The van der Waals surface area contributed by atoms with Crippen molar-refractivity contribution in [3.05, 3.63) is 71.6 Å². The van der Waals surface area contributed by atoms with E-state index in [1.807, 2.05) is 36.4 Å². The van der Waals surface area contributed by atoms with Crippen molar-refractivity contribution in [2.24, 2.45) is 0 Å². The highest BCUT2D eigenvalue weighted by molar-refractivity contribution is 7.19. The molecule has 0 atom stereocenters. The maximum atomic E-state index is 12.1. The van der Waals surface area contributed by atoms with Gasteiger partial charge in [-0.3, -0.25) is 9.78 Å². The molecule has 3 aromatic heterocycles. The van der Waals surface area contributed by atoms with Crippen LogP contribution in [0, 0.1) is 6.92 Å². The normalized spacial score (nSPS) is 10.8. The molecule has 152 valence electrons. The molecular weight excluding hydrogens is 394 g/mol. The summed E-state index contributed by atoms with van der Waals surface area (Å²) >= 11 is 1.68. The number of thiophene rings is 1. The summed E-state index contributed by atoms with van der Waals surface area (Å²) in [5.74, 6) is 0.837. The predicted octanol–water partition coefficient (Wildman–Crippen LogP) is 4.57. The van der Waals surface area contributed by atoms with Gasteiger partial charge in [0.1, 0.15) is 17.0 Å². The molecule has 6 nitrogen and oxygen atoms in total. The largest absolute Gasteiger partial charge is 0.369 e. The fourth-order valence-corrected chi connectivity index (χ4v) is 4.38. The molecule has 4 aromatic rings. The highest BCUT2D eigenvalue weighted by Gasteiger charge is 2.16. The molecule has 4 rings (SSSR count). The summed E-state index contributed by atoms with van der Waals surface area (Å²) in [5.41, 5.74) is 3.19. The first-order valence-corrected chi connectivity index (χ1v) is 10.7. The molecule has 0 aliphatic heterocycles. The molecule has 0 saturated carbocycles. The van der Waals surface area contributed by atoms with Gasteiger partial charge in [0.15, 0.2) is 0 Å². The number of amides is 1. The van der Waals surface area contributed by atoms with Gasteiger partial charge in [0.2, 0.25) is 5.91 Å². The minimum atomic E-state index is 0.0200. The Labute approximate surface area is 179 Å². The Bertz CT molecular complexity index is 1130. The van der Waals surface area contributed by atoms with Crippen molar-refractivity contribution >= 4 is 33.3 Å². The highest BCUT2D eigenvalue weighted by Crippen LogP contribution is 2.40. The van der Waals surface area contributed by atoms with E-state index in [2.05, 4.69) is 44.6 Å². The van der Waals surface area contributed by atoms with Crippen LogP contribution in [0.15, 0.2) is 61.1 Å². The van der Waals surface area contributed by atoms with Gasteiger partial charge in [-0.2, -0.15) is 0 Å². The van der Waals surface area contributed by atoms with Gasteiger partial charge >= 0.3 is 0 Å². The fraction of sp³-hybridized carbons (Fsp3) is 0.217. The van der Waals surface area contributed by atoms with Crippen molar-refractivity contribution in [2.45, 2.75) is 26.3 Å². The minimum absolute atomic E-state index is 0.0200. The topological polar surface area (TPSA) is 79.8 Å². The van der Waals surface area contributed by atoms with Gasteiger partial charge in [-0.25, -0.2) is 9.97 Å². The Hall–Kier alpha value is -3.32. The zero-order valence-electron chi connectivity index (χ0n) is 16.8. The van der Waals surface area contributed by atoms with E-state index < -0.39 is 0 Å². The SMILES string of the molecule is Cc1sc2ncnc(NCCCC(=O)NCc3ccccn3)c2c1-c1ccccc1. The Balaban J connectivity index is 1.38. The fourth-order valence-electron chi connectivity index (χ4n) is 3.37. The van der Waals surface area contributed by atoms with Crippen molar-refractivity contribution in [3.63, 3.8) is 0 Å². The Kier molecular flexibility index (Phi) is 6.29. The number of rotatable bonds is 8. The lowest BCUT2D eigenvalue weighted by atomic mass is 10.0. The summed E-state index contributed by atoms with van der Waals surface area (Å²) in [6, 6.07) is 16.0. The van der Waals surface area contributed by atoms with Gasteiger partial charge in [-0.05, 0) is 31.0 Å². The van der Waals surface area contributed by atoms with E-state index in [1.165, 1.54) is 10.4 Å². The van der Waals surface area contributed by atoms with Crippen LogP contribution in [0.3, 0.4) is 0 Å². The number of aromatic nitrogens is 3. The van der Waals surface area contributed by atoms with Crippen molar-refractivity contribution in [3.8, 4) is 11.1 Å². The van der Waals surface area contributed by atoms with Crippen LogP contribution in [0.4, 0.5) is 5.82 Å². The number of anilines is 1. The lowest BCUT2D eigenvalue weighted by Gasteiger charge is -2.09. The molecular formula is C23H23N5OS. The zero-order valence-corrected chi connectivity index (χ0v) is 17.6. The second-order valence-corrected chi connectivity index (χ2v) is 8.13. The second kappa shape index (κ2) is 9.45. The van der Waals surface area contributed by atoms with Crippen LogP contribution in [0.1, 0.15) is 23.4 Å². The van der Waals surface area contributed by atoms with Crippen molar-refractivity contribution < 1.29 is 4.79 Å². The van der Waals surface area contributed by atoms with E-state index in [1.54, 1.807) is 23.9 Å². The number of nitrogens with one attached hydrogen (secondary N) is 2. The maximum absolute atomic E-state index is 12.1. The molecule has 0 bridgehead atoms. The number of nitrogens with zero attached hydrogens (tertiary/aromatic N) is 3. The Morgan fingerprint density at radius 1 is 1.03 bits per heavy atom. The van der Waals surface area contributed by atoms with Crippen LogP contribution >= 0.6 is 11.3 Å². The average molecular weight is 418 g/mol. The first-order valence-electron chi connectivity index (χ1n) is 9.92. The molecule has 0 saturated heterocycles. The standard InChI is InChI=1S/C23H23N5OS/c1-16-20(17-8-3-2-4-9-17)21-22(27-15-28-23(21)30-16)25-13-7-11-19(29)26-14-18-10-5-6-12-24-18/h2-6,8-10,12,15H,7,11,13-14H2,1H3,(H,26,29)(H,25,27,28). The van der Waals surface area contributed by atoms with Crippen LogP contribution in [0.25, 0.3) is 21.3 Å². The van der Waals surface area contributed by atoms with Crippen molar-refractivity contribution in [1.29, 1.82) is 0 Å². The lowest BCUT2D eigenvalue weighted by Crippen LogP contribution is -2.23. The lowest BCUT2D eigenvalue weighted by molar-refractivity contribution is -0.121. The van der Waals surface area contributed by atoms with E-state index in [9.17, 15) is 4.79 Å². The van der Waals surface area contributed by atoms with Crippen LogP contribution in [-0.4, -0.2) is 27.4 Å². The van der Waals surface area contributed by atoms with Crippen LogP contribution < -0.4 is 10.6 Å². The van der Waals surface area contributed by atoms with Gasteiger partial charge in [0, 0.05) is 29.6 Å². The first-order chi connectivity index (χ1) is 14.7. The van der Waals surface area contributed by atoms with Crippen molar-refractivity contribution in [1.82, 2.24) is 20.3 Å². The van der Waals surface area contributed by atoms with Gasteiger partial charge in [0.25, 0.3) is 0 Å². The number of carbonyl (C=O) groups is 1. The summed E-state index contributed by atoms with van der Waals surface area (Å²) < 4.78 is 0. The molecule has 0 spiro atoms. The Morgan fingerprint density at radius 3 is 2.67 bits per heavy atom. The molecule has 1 aromatic carbocycles. The number of carbonyl (C=O) groups excluding carboxylic acids is 1. The van der Waals surface area contributed by atoms with Gasteiger partial charge in [-0.15, -0.1) is 11.3 Å². The molecule has 1 amide bonds. The number of benzene rings is 1. The van der Waals surface area contributed by atoms with Crippen molar-refractivity contribution in [2.75, 3.05) is 11.9 Å². The molecule has 0 aliphatic rings. The highest BCUT2D eigenvalue weighted by atomic mass is 32.1.